The van der Waals surface area contributed by atoms with Gasteiger partial charge in [-0.05, 0) is 47.5 Å². The van der Waals surface area contributed by atoms with Gasteiger partial charge in [-0.25, -0.2) is 5.43 Å². The minimum Gasteiger partial charge on any atom is -0.504 e. The number of aromatic hydroxyl groups is 2. The third-order valence-electron chi connectivity index (χ3n) is 3.17. The van der Waals surface area contributed by atoms with E-state index in [1.165, 1.54) is 38.8 Å². The van der Waals surface area contributed by atoms with E-state index in [0.717, 1.165) is 0 Å². The van der Waals surface area contributed by atoms with Crippen molar-refractivity contribution in [2.75, 3.05) is 14.2 Å². The van der Waals surface area contributed by atoms with E-state index in [1.54, 1.807) is 24.3 Å². The molecule has 0 atom stereocenters. The van der Waals surface area contributed by atoms with Crippen molar-refractivity contribution >= 4 is 30.8 Å². The topological polar surface area (TPSA) is 134 Å². The highest BCUT2D eigenvalue weighted by atomic mass is 35.5. The lowest BCUT2D eigenvalue weighted by Gasteiger charge is -2.03. The van der Waals surface area contributed by atoms with E-state index < -0.39 is 0 Å². The van der Waals surface area contributed by atoms with Crippen molar-refractivity contribution in [1.29, 1.82) is 0 Å². The maximum absolute atomic E-state index is 9.68. The summed E-state index contributed by atoms with van der Waals surface area (Å²) in [6.45, 7) is 0. The van der Waals surface area contributed by atoms with Gasteiger partial charge in [0.1, 0.15) is 0 Å². The molecule has 2 rings (SSSR count). The number of phenols is 2. The summed E-state index contributed by atoms with van der Waals surface area (Å²) < 4.78 is 9.91. The summed E-state index contributed by atoms with van der Waals surface area (Å²) in [5.74, 6) is 0.707. The maximum Gasteiger partial charge on any atom is 0.234 e. The lowest BCUT2D eigenvalue weighted by atomic mass is 10.2. The van der Waals surface area contributed by atoms with Gasteiger partial charge in [0.25, 0.3) is 0 Å². The second-order valence-corrected chi connectivity index (χ2v) is 4.96. The number of hydrogen-bond acceptors (Lipinski definition) is 7. The number of hydrogen-bond donors (Lipinski definition) is 4. The molecule has 0 aromatic heterocycles. The zero-order valence-electron chi connectivity index (χ0n) is 14.7. The fraction of sp³-hybridized carbons (Fsp3) is 0.118. The predicted octanol–water partition coefficient (Wildman–Crippen LogP) is 1.81. The van der Waals surface area contributed by atoms with Crippen LogP contribution in [0.4, 0.5) is 0 Å². The number of ether oxygens (including phenoxy) is 2. The predicted molar refractivity (Wildman–Crippen MR) is 107 cm³/mol. The van der Waals surface area contributed by atoms with Gasteiger partial charge in [-0.2, -0.15) is 10.2 Å². The number of halogens is 1. The van der Waals surface area contributed by atoms with Gasteiger partial charge in [0.15, 0.2) is 23.0 Å². The molecule has 144 valence electrons. The molecule has 0 saturated heterocycles. The Morgan fingerprint density at radius 2 is 1.48 bits per heavy atom. The van der Waals surface area contributed by atoms with Crippen molar-refractivity contribution in [3.05, 3.63) is 47.5 Å². The molecule has 0 spiro atoms. The number of nitrogens with zero attached hydrogens (tertiary/aromatic N) is 3. The van der Waals surface area contributed by atoms with Gasteiger partial charge in [-0.1, -0.05) is 0 Å². The smallest absolute Gasteiger partial charge is 0.234 e. The third kappa shape index (κ3) is 6.40. The van der Waals surface area contributed by atoms with Gasteiger partial charge < -0.3 is 25.4 Å². The molecule has 0 saturated carbocycles. The van der Waals surface area contributed by atoms with Crippen molar-refractivity contribution in [1.82, 2.24) is 5.43 Å². The average Bonchev–Trinajstić information content (AvgIpc) is 2.62. The van der Waals surface area contributed by atoms with E-state index >= 15 is 0 Å². The van der Waals surface area contributed by atoms with Crippen molar-refractivity contribution in [3.8, 4) is 23.0 Å². The van der Waals surface area contributed by atoms with Gasteiger partial charge >= 0.3 is 0 Å². The molecule has 27 heavy (non-hydrogen) atoms. The summed E-state index contributed by atoms with van der Waals surface area (Å²) in [5, 5.41) is 30.8. The molecule has 0 unspecified atom stereocenters. The highest BCUT2D eigenvalue weighted by Crippen LogP contribution is 2.26. The summed E-state index contributed by atoms with van der Waals surface area (Å²) in [5.41, 5.74) is 9.38. The standard InChI is InChI=1S/C17H19N5O4.ClH/c1-25-15-5-3-11(7-13(15)23)9-19-21-17(18)22-20-10-12-4-6-16(26-2)14(24)8-12;/h3-10,23-24H,1-2H3,(H3,18,21,22);1H. The van der Waals surface area contributed by atoms with Gasteiger partial charge in [-0.3, -0.25) is 0 Å². The summed E-state index contributed by atoms with van der Waals surface area (Å²) >= 11 is 0. The molecule has 10 heteroatoms. The molecular weight excluding hydrogens is 374 g/mol. The molecular formula is C17H20ClN5O4. The fourth-order valence-electron chi connectivity index (χ4n) is 1.93. The van der Waals surface area contributed by atoms with Crippen LogP contribution in [0.5, 0.6) is 23.0 Å². The fourth-order valence-corrected chi connectivity index (χ4v) is 1.93. The highest BCUT2D eigenvalue weighted by molar-refractivity contribution is 5.85. The van der Waals surface area contributed by atoms with E-state index in [1.807, 2.05) is 0 Å². The summed E-state index contributed by atoms with van der Waals surface area (Å²) in [4.78, 5) is 0. The van der Waals surface area contributed by atoms with Crippen LogP contribution in [0, 0.1) is 0 Å². The van der Waals surface area contributed by atoms with E-state index in [0.29, 0.717) is 22.6 Å². The Balaban J connectivity index is 0.00000364. The molecule has 0 aliphatic carbocycles. The Morgan fingerprint density at radius 1 is 0.963 bits per heavy atom. The monoisotopic (exact) mass is 393 g/mol. The first kappa shape index (κ1) is 21.6. The second-order valence-electron chi connectivity index (χ2n) is 4.96. The molecule has 0 bridgehead atoms. The van der Waals surface area contributed by atoms with Crippen molar-refractivity contribution in [2.24, 2.45) is 21.0 Å². The zero-order valence-corrected chi connectivity index (χ0v) is 15.5. The van der Waals surface area contributed by atoms with Crippen LogP contribution < -0.4 is 20.6 Å². The molecule has 0 aliphatic heterocycles. The number of hydrazone groups is 1. The van der Waals surface area contributed by atoms with Gasteiger partial charge in [0, 0.05) is 0 Å². The van der Waals surface area contributed by atoms with E-state index in [2.05, 4.69) is 20.7 Å². The maximum atomic E-state index is 9.68. The number of nitrogens with two attached hydrogens (primary N) is 1. The van der Waals surface area contributed by atoms with Crippen LogP contribution in [0.1, 0.15) is 11.1 Å². The highest BCUT2D eigenvalue weighted by Gasteiger charge is 2.01. The van der Waals surface area contributed by atoms with Gasteiger partial charge in [-0.15, -0.1) is 17.5 Å². The lowest BCUT2D eigenvalue weighted by Crippen LogP contribution is -2.26. The number of rotatable bonds is 6. The van der Waals surface area contributed by atoms with Crippen LogP contribution in [0.3, 0.4) is 0 Å². The first-order valence-electron chi connectivity index (χ1n) is 7.43. The Bertz CT molecular complexity index is 855. The van der Waals surface area contributed by atoms with Crippen molar-refractivity contribution in [2.45, 2.75) is 0 Å². The van der Waals surface area contributed by atoms with Gasteiger partial charge in [0.05, 0.1) is 26.6 Å². The third-order valence-corrected chi connectivity index (χ3v) is 3.17. The van der Waals surface area contributed by atoms with Crippen LogP contribution in [0.15, 0.2) is 51.7 Å². The summed E-state index contributed by atoms with van der Waals surface area (Å²) in [6.07, 6.45) is 2.87. The zero-order chi connectivity index (χ0) is 18.9. The lowest BCUT2D eigenvalue weighted by molar-refractivity contribution is 0.373. The number of nitrogens with one attached hydrogen (secondary N) is 1. The molecule has 0 heterocycles. The molecule has 5 N–H and O–H groups in total. The second kappa shape index (κ2) is 10.5. The normalized spacial score (nSPS) is 11.4. The largest absolute Gasteiger partial charge is 0.504 e. The minimum atomic E-state index is -0.0343. The minimum absolute atomic E-state index is 0. The average molecular weight is 394 g/mol. The molecule has 0 radical (unpaired) electrons. The molecule has 9 nitrogen and oxygen atoms in total. The van der Waals surface area contributed by atoms with Crippen molar-refractivity contribution < 1.29 is 19.7 Å². The Labute approximate surface area is 162 Å². The molecule has 0 aliphatic rings. The quantitative estimate of drug-likeness (QED) is 0.336. The SMILES string of the molecule is COc1ccc(C=N/N=C(\N)NN=Cc2ccc(OC)c(O)c2)cc1O.Cl. The van der Waals surface area contributed by atoms with E-state index in [9.17, 15) is 10.2 Å². The van der Waals surface area contributed by atoms with Crippen molar-refractivity contribution in [3.63, 3.8) is 0 Å². The Kier molecular flexibility index (Phi) is 8.40. The molecule has 2 aromatic rings. The van der Waals surface area contributed by atoms with Gasteiger partial charge in [0.2, 0.25) is 5.96 Å². The van der Waals surface area contributed by atoms with E-state index in [-0.39, 0.29) is 29.9 Å². The summed E-state index contributed by atoms with van der Waals surface area (Å²) in [7, 11) is 2.93. The van der Waals surface area contributed by atoms with Crippen LogP contribution in [0.25, 0.3) is 0 Å². The first-order valence-corrected chi connectivity index (χ1v) is 7.43. The van der Waals surface area contributed by atoms with Crippen LogP contribution in [-0.2, 0) is 0 Å². The van der Waals surface area contributed by atoms with Crippen LogP contribution in [-0.4, -0.2) is 42.8 Å². The first-order chi connectivity index (χ1) is 12.5. The number of phenolic OH excluding ortho intramolecular Hbond substituents is 2. The number of benzene rings is 2. The molecule has 0 fully saturated rings. The van der Waals surface area contributed by atoms with Crippen LogP contribution >= 0.6 is 12.4 Å². The Hall–Kier alpha value is -3.46. The van der Waals surface area contributed by atoms with E-state index in [4.69, 9.17) is 15.2 Å². The van der Waals surface area contributed by atoms with Crippen LogP contribution in [0.2, 0.25) is 0 Å². The number of methoxy groups -OCH3 is 2. The molecule has 0 amide bonds. The summed E-state index contributed by atoms with van der Waals surface area (Å²) in [6, 6.07) is 9.61. The molecule has 2 aromatic carbocycles. The Morgan fingerprint density at radius 3 is 1.96 bits per heavy atom. The number of guanidine groups is 1.